The van der Waals surface area contributed by atoms with Crippen LogP contribution in [-0.2, 0) is 40.0 Å². The molecule has 0 radical (unpaired) electrons. The van der Waals surface area contributed by atoms with Gasteiger partial charge in [0.05, 0.1) is 18.9 Å². The normalized spacial score (nSPS) is 13.8. The molecule has 0 bridgehead atoms. The summed E-state index contributed by atoms with van der Waals surface area (Å²) >= 11 is 0. The van der Waals surface area contributed by atoms with Crippen molar-refractivity contribution in [1.82, 2.24) is 16.0 Å². The van der Waals surface area contributed by atoms with E-state index in [1.165, 1.54) is 0 Å². The van der Waals surface area contributed by atoms with Crippen molar-refractivity contribution in [2.75, 3.05) is 0 Å². The van der Waals surface area contributed by atoms with Gasteiger partial charge in [0.1, 0.15) is 18.1 Å². The topological polar surface area (TPSA) is 274 Å². The third-order valence-corrected chi connectivity index (χ3v) is 4.97. The van der Waals surface area contributed by atoms with E-state index in [9.17, 15) is 38.7 Å². The van der Waals surface area contributed by atoms with Crippen molar-refractivity contribution in [2.45, 2.75) is 56.3 Å². The Kier molecular flexibility index (Phi) is 12.2. The summed E-state index contributed by atoms with van der Waals surface area (Å²) in [5, 5.41) is 24.4. The lowest BCUT2D eigenvalue weighted by Gasteiger charge is -2.24. The zero-order chi connectivity index (χ0) is 28.1. The molecule has 1 aromatic rings. The number of carbonyl (C=O) groups is 7. The molecule has 0 aromatic heterocycles. The molecule has 11 N–H and O–H groups in total. The number of carboxylic acid groups (broad SMARTS) is 2. The van der Waals surface area contributed by atoms with Gasteiger partial charge < -0.3 is 43.4 Å². The van der Waals surface area contributed by atoms with Gasteiger partial charge >= 0.3 is 11.9 Å². The van der Waals surface area contributed by atoms with E-state index in [4.69, 9.17) is 22.3 Å². The summed E-state index contributed by atoms with van der Waals surface area (Å²) in [5.74, 6) is -7.94. The van der Waals surface area contributed by atoms with Gasteiger partial charge in [-0.05, 0) is 18.4 Å². The van der Waals surface area contributed by atoms with Crippen LogP contribution in [0.15, 0.2) is 30.3 Å². The van der Waals surface area contributed by atoms with Gasteiger partial charge in [-0.1, -0.05) is 30.3 Å². The van der Waals surface area contributed by atoms with Crippen LogP contribution in [0.2, 0.25) is 0 Å². The fourth-order valence-electron chi connectivity index (χ4n) is 3.13. The molecule has 15 heteroatoms. The quantitative estimate of drug-likeness (QED) is 0.107. The number of hydrogen-bond donors (Lipinski definition) is 8. The molecular weight excluding hydrogens is 492 g/mol. The van der Waals surface area contributed by atoms with Gasteiger partial charge in [-0.15, -0.1) is 0 Å². The van der Waals surface area contributed by atoms with Crippen LogP contribution in [-0.4, -0.2) is 75.9 Å². The highest BCUT2D eigenvalue weighted by Crippen LogP contribution is 2.05. The molecule has 0 spiro atoms. The van der Waals surface area contributed by atoms with Crippen LogP contribution in [0.25, 0.3) is 0 Å². The molecule has 4 atom stereocenters. The minimum absolute atomic E-state index is 0.108. The van der Waals surface area contributed by atoms with E-state index >= 15 is 0 Å². The SMILES string of the molecule is NC(=O)CC(NC(=O)C(N)Cc1ccccc1)C(=O)NC(CC(N)=O)C(=O)NC(CCC(=O)O)C(=O)O. The number of hydrogen-bond acceptors (Lipinski definition) is 8. The minimum atomic E-state index is -1.71. The van der Waals surface area contributed by atoms with Crippen molar-refractivity contribution in [1.29, 1.82) is 0 Å². The molecule has 0 saturated heterocycles. The van der Waals surface area contributed by atoms with Crippen LogP contribution in [0.5, 0.6) is 0 Å². The maximum atomic E-state index is 12.8. The van der Waals surface area contributed by atoms with Crippen molar-refractivity contribution >= 4 is 41.5 Å². The summed E-state index contributed by atoms with van der Waals surface area (Å²) in [4.78, 5) is 83.0. The van der Waals surface area contributed by atoms with Gasteiger partial charge in [0.15, 0.2) is 0 Å². The van der Waals surface area contributed by atoms with Gasteiger partial charge in [-0.3, -0.25) is 28.8 Å². The summed E-state index contributed by atoms with van der Waals surface area (Å²) < 4.78 is 0. The second kappa shape index (κ2) is 14.8. The Morgan fingerprint density at radius 1 is 0.730 bits per heavy atom. The first-order chi connectivity index (χ1) is 17.3. The average molecular weight is 523 g/mol. The van der Waals surface area contributed by atoms with Gasteiger partial charge in [0.2, 0.25) is 29.5 Å². The Hall–Kier alpha value is -4.53. The first-order valence-electron chi connectivity index (χ1n) is 11.0. The zero-order valence-electron chi connectivity index (χ0n) is 19.7. The molecule has 202 valence electrons. The Bertz CT molecular complexity index is 1020. The first-order valence-corrected chi connectivity index (χ1v) is 11.0. The number of rotatable bonds is 16. The molecule has 5 amide bonds. The fourth-order valence-corrected chi connectivity index (χ4v) is 3.13. The lowest BCUT2D eigenvalue weighted by atomic mass is 10.0. The van der Waals surface area contributed by atoms with Gasteiger partial charge in [0.25, 0.3) is 0 Å². The van der Waals surface area contributed by atoms with Crippen molar-refractivity contribution in [3.05, 3.63) is 35.9 Å². The Morgan fingerprint density at radius 3 is 1.62 bits per heavy atom. The summed E-state index contributed by atoms with van der Waals surface area (Å²) in [6.45, 7) is 0. The number of nitrogens with one attached hydrogen (secondary N) is 3. The highest BCUT2D eigenvalue weighted by Gasteiger charge is 2.32. The third-order valence-electron chi connectivity index (χ3n) is 4.97. The Labute approximate surface area is 211 Å². The monoisotopic (exact) mass is 522 g/mol. The number of carbonyl (C=O) groups excluding carboxylic acids is 5. The first kappa shape index (κ1) is 30.5. The molecule has 0 aliphatic heterocycles. The zero-order valence-corrected chi connectivity index (χ0v) is 19.7. The highest BCUT2D eigenvalue weighted by molar-refractivity contribution is 5.97. The van der Waals surface area contributed by atoms with Crippen LogP contribution >= 0.6 is 0 Å². The number of amides is 5. The molecule has 0 saturated carbocycles. The standard InChI is InChI=1S/C22H30N6O9/c23-12(8-11-4-2-1-3-5-11)19(33)27-14(9-16(24)29)21(35)28-15(10-17(25)30)20(34)26-13(22(36)37)6-7-18(31)32/h1-5,12-15H,6-10,23H2,(H2,24,29)(H2,25,30)(H,26,34)(H,27,33)(H,28,35)(H,31,32)(H,36,37). The second-order valence-corrected chi connectivity index (χ2v) is 8.09. The minimum Gasteiger partial charge on any atom is -0.481 e. The summed E-state index contributed by atoms with van der Waals surface area (Å²) in [6, 6.07) is 2.66. The molecule has 0 fully saturated rings. The smallest absolute Gasteiger partial charge is 0.326 e. The molecule has 0 aliphatic carbocycles. The molecule has 1 rings (SSSR count). The largest absolute Gasteiger partial charge is 0.481 e. The lowest BCUT2D eigenvalue weighted by Crippen LogP contribution is -2.58. The highest BCUT2D eigenvalue weighted by atomic mass is 16.4. The van der Waals surface area contributed by atoms with Gasteiger partial charge in [0, 0.05) is 6.42 Å². The van der Waals surface area contributed by atoms with Crippen LogP contribution in [0.1, 0.15) is 31.2 Å². The molecule has 1 aromatic carbocycles. The van der Waals surface area contributed by atoms with E-state index in [-0.39, 0.29) is 6.42 Å². The van der Waals surface area contributed by atoms with Crippen molar-refractivity contribution in [3.63, 3.8) is 0 Å². The maximum Gasteiger partial charge on any atom is 0.326 e. The van der Waals surface area contributed by atoms with Gasteiger partial charge in [-0.2, -0.15) is 0 Å². The van der Waals surface area contributed by atoms with Crippen LogP contribution in [0.4, 0.5) is 0 Å². The molecule has 0 aliphatic rings. The number of benzene rings is 1. The molecular formula is C22H30N6O9. The van der Waals surface area contributed by atoms with E-state index in [1.807, 2.05) is 5.32 Å². The third kappa shape index (κ3) is 11.6. The summed E-state index contributed by atoms with van der Waals surface area (Å²) in [7, 11) is 0. The van der Waals surface area contributed by atoms with Gasteiger partial charge in [-0.25, -0.2) is 4.79 Å². The van der Waals surface area contributed by atoms with E-state index in [0.717, 1.165) is 5.56 Å². The number of carboxylic acids is 2. The van der Waals surface area contributed by atoms with Crippen molar-refractivity contribution < 1.29 is 43.8 Å². The van der Waals surface area contributed by atoms with Crippen LogP contribution in [0, 0.1) is 0 Å². The van der Waals surface area contributed by atoms with E-state index < -0.39 is 91.3 Å². The summed E-state index contributed by atoms with van der Waals surface area (Å²) in [6.07, 6.45) is -2.41. The average Bonchev–Trinajstić information content (AvgIpc) is 2.80. The van der Waals surface area contributed by atoms with Crippen LogP contribution < -0.4 is 33.2 Å². The maximum absolute atomic E-state index is 12.8. The van der Waals surface area contributed by atoms with E-state index in [2.05, 4.69) is 10.6 Å². The Morgan fingerprint density at radius 2 is 1.19 bits per heavy atom. The predicted molar refractivity (Wildman–Crippen MR) is 126 cm³/mol. The molecule has 37 heavy (non-hydrogen) atoms. The van der Waals surface area contributed by atoms with E-state index in [1.54, 1.807) is 30.3 Å². The van der Waals surface area contributed by atoms with E-state index in [0.29, 0.717) is 0 Å². The number of primary amides is 2. The molecule has 0 heterocycles. The summed E-state index contributed by atoms with van der Waals surface area (Å²) in [5.41, 5.74) is 16.9. The van der Waals surface area contributed by atoms with Crippen molar-refractivity contribution in [2.24, 2.45) is 17.2 Å². The Balaban J connectivity index is 2.97. The predicted octanol–water partition coefficient (Wildman–Crippen LogP) is -3.29. The molecule has 15 nitrogen and oxygen atoms in total. The van der Waals surface area contributed by atoms with Crippen molar-refractivity contribution in [3.8, 4) is 0 Å². The molecule has 4 unspecified atom stereocenters. The lowest BCUT2D eigenvalue weighted by molar-refractivity contribution is -0.143. The number of aliphatic carboxylic acids is 2. The fraction of sp³-hybridized carbons (Fsp3) is 0.409. The number of nitrogens with two attached hydrogens (primary N) is 3. The van der Waals surface area contributed by atoms with Crippen LogP contribution in [0.3, 0.4) is 0 Å². The second-order valence-electron chi connectivity index (χ2n) is 8.09.